The molecule has 2 aromatic rings. The van der Waals surface area contributed by atoms with Crippen molar-refractivity contribution in [3.63, 3.8) is 0 Å². The van der Waals surface area contributed by atoms with Gasteiger partial charge in [-0.3, -0.25) is 28.5 Å². The van der Waals surface area contributed by atoms with Gasteiger partial charge in [0, 0.05) is 18.7 Å². The summed E-state index contributed by atoms with van der Waals surface area (Å²) >= 11 is 0. The highest BCUT2D eigenvalue weighted by molar-refractivity contribution is 7.52. The fourth-order valence-electron chi connectivity index (χ4n) is 4.38. The summed E-state index contributed by atoms with van der Waals surface area (Å²) in [6.45, 7) is 3.38. The highest BCUT2D eigenvalue weighted by Crippen LogP contribution is 2.47. The number of rotatable bonds is 16. The third-order valence-corrected chi connectivity index (χ3v) is 8.37. The van der Waals surface area contributed by atoms with Crippen molar-refractivity contribution >= 4 is 19.7 Å². The minimum atomic E-state index is -4.40. The predicted octanol–water partition coefficient (Wildman–Crippen LogP) is 2.67. The number of nitrogens with one attached hydrogen (secondary N) is 2. The molecule has 1 aliphatic rings. The zero-order valence-corrected chi connectivity index (χ0v) is 24.9. The summed E-state index contributed by atoms with van der Waals surface area (Å²) in [5.41, 5.74) is -4.19. The Kier molecular flexibility index (Phi) is 11.8. The Labute approximate surface area is 246 Å². The molecule has 2 heterocycles. The summed E-state index contributed by atoms with van der Waals surface area (Å²) in [7, 11) is -4.40. The molecule has 0 aliphatic carbocycles. The van der Waals surface area contributed by atoms with E-state index in [-0.39, 0.29) is 12.2 Å². The molecule has 0 amide bonds. The molecule has 0 spiro atoms. The first-order valence-corrected chi connectivity index (χ1v) is 15.3. The lowest BCUT2D eigenvalue weighted by atomic mass is 9.98. The van der Waals surface area contributed by atoms with Crippen LogP contribution in [0.25, 0.3) is 0 Å². The number of carboxylic acid groups (broad SMARTS) is 1. The van der Waals surface area contributed by atoms with Crippen molar-refractivity contribution in [2.24, 2.45) is 0 Å². The van der Waals surface area contributed by atoms with E-state index in [1.54, 1.807) is 25.1 Å². The molecule has 1 aliphatic heterocycles. The van der Waals surface area contributed by atoms with Gasteiger partial charge in [0.1, 0.15) is 24.0 Å². The standard InChI is InChI=1S/C27H37FN3O11P/c1-17(10-6-4-9-13-22(33)34)40-24(36)18(2)30-43(38,42-19-11-7-5-8-12-19)39-16-20-23(35)27(3,28)25(41-20)31-15-14-21(32)29-26(31)37/h5,7-8,11-12,14-15,17-18,20,23,25,35H,4,6,9-10,13,16H2,1-3H3,(H,30,38)(H,33,34)(H,29,32,37)/t17?,18?,20-,23-,25-,27-,43?/m1/s1. The van der Waals surface area contributed by atoms with Gasteiger partial charge in [0.05, 0.1) is 12.7 Å². The van der Waals surface area contributed by atoms with Gasteiger partial charge in [-0.1, -0.05) is 24.6 Å². The molecule has 0 radical (unpaired) electrons. The maximum Gasteiger partial charge on any atom is 0.459 e. The van der Waals surface area contributed by atoms with Crippen LogP contribution in [-0.4, -0.2) is 68.3 Å². The number of nitrogens with zero attached hydrogens (tertiary/aromatic N) is 1. The number of esters is 1. The molecule has 7 atom stereocenters. The Morgan fingerprint density at radius 2 is 1.88 bits per heavy atom. The second kappa shape index (κ2) is 14.9. The summed E-state index contributed by atoms with van der Waals surface area (Å²) in [4.78, 5) is 49.0. The first kappa shape index (κ1) is 34.1. The van der Waals surface area contributed by atoms with Crippen LogP contribution in [0.3, 0.4) is 0 Å². The van der Waals surface area contributed by atoms with E-state index in [4.69, 9.17) is 23.6 Å². The number of unbranched alkanes of at least 4 members (excludes halogenated alkanes) is 2. The number of carbonyl (C=O) groups excluding carboxylic acids is 1. The fraction of sp³-hybridized carbons (Fsp3) is 0.556. The van der Waals surface area contributed by atoms with Gasteiger partial charge in [-0.25, -0.2) is 13.8 Å². The van der Waals surface area contributed by atoms with Gasteiger partial charge >= 0.3 is 25.4 Å². The summed E-state index contributed by atoms with van der Waals surface area (Å²) in [6.07, 6.45) is -2.05. The average Bonchev–Trinajstić information content (AvgIpc) is 3.15. The molecule has 0 bridgehead atoms. The molecule has 1 saturated heterocycles. The van der Waals surface area contributed by atoms with Crippen LogP contribution < -0.4 is 20.9 Å². The van der Waals surface area contributed by atoms with E-state index in [1.807, 2.05) is 4.98 Å². The van der Waals surface area contributed by atoms with Crippen molar-refractivity contribution < 1.29 is 47.3 Å². The van der Waals surface area contributed by atoms with Gasteiger partial charge < -0.3 is 24.2 Å². The average molecular weight is 630 g/mol. The number of aliphatic hydroxyl groups is 1. The second-order valence-corrected chi connectivity index (χ2v) is 12.1. The first-order chi connectivity index (χ1) is 20.2. The van der Waals surface area contributed by atoms with E-state index < -0.39 is 73.8 Å². The van der Waals surface area contributed by atoms with Crippen molar-refractivity contribution in [3.8, 4) is 5.75 Å². The minimum absolute atomic E-state index is 0.0611. The molecule has 0 saturated carbocycles. The molecule has 238 valence electrons. The molecule has 1 aromatic heterocycles. The van der Waals surface area contributed by atoms with Crippen LogP contribution in [0.5, 0.6) is 5.75 Å². The van der Waals surface area contributed by atoms with E-state index >= 15 is 4.39 Å². The van der Waals surface area contributed by atoms with Crippen LogP contribution in [0, 0.1) is 0 Å². The Balaban J connectivity index is 1.67. The quantitative estimate of drug-likeness (QED) is 0.121. The van der Waals surface area contributed by atoms with Crippen LogP contribution in [0.15, 0.2) is 52.2 Å². The molecular formula is C27H37FN3O11P. The highest BCUT2D eigenvalue weighted by atomic mass is 31.2. The number of aliphatic hydroxyl groups excluding tert-OH is 1. The molecule has 3 unspecified atom stereocenters. The minimum Gasteiger partial charge on any atom is -0.481 e. The van der Waals surface area contributed by atoms with E-state index in [2.05, 4.69) is 5.09 Å². The SMILES string of the molecule is CC(CCCCCC(=O)O)OC(=O)C(C)NP(=O)(OC[C@H]1O[C@@H](n2ccc(=O)[nH]c2=O)[C@](C)(F)[C@@H]1O)Oc1ccccc1. The number of halogens is 1. The Bertz CT molecular complexity index is 1400. The molecular weight excluding hydrogens is 592 g/mol. The molecule has 1 fully saturated rings. The van der Waals surface area contributed by atoms with Gasteiger partial charge in [-0.05, 0) is 52.2 Å². The van der Waals surface area contributed by atoms with Gasteiger partial charge in [0.25, 0.3) is 5.56 Å². The number of aliphatic carboxylic acids is 1. The lowest BCUT2D eigenvalue weighted by Crippen LogP contribution is -2.43. The van der Waals surface area contributed by atoms with Crippen LogP contribution in [0.1, 0.15) is 59.1 Å². The number of alkyl halides is 1. The number of benzene rings is 1. The predicted molar refractivity (Wildman–Crippen MR) is 150 cm³/mol. The van der Waals surface area contributed by atoms with Crippen LogP contribution in [-0.2, 0) is 28.2 Å². The summed E-state index contributed by atoms with van der Waals surface area (Å²) < 4.78 is 52.2. The van der Waals surface area contributed by atoms with E-state index in [9.17, 15) is 28.8 Å². The lowest BCUT2D eigenvalue weighted by Gasteiger charge is -2.25. The zero-order chi connectivity index (χ0) is 31.8. The smallest absolute Gasteiger partial charge is 0.459 e. The number of para-hydroxylation sites is 1. The largest absolute Gasteiger partial charge is 0.481 e. The number of aromatic amines is 1. The molecule has 3 rings (SSSR count). The van der Waals surface area contributed by atoms with Crippen LogP contribution >= 0.6 is 7.75 Å². The second-order valence-electron chi connectivity index (χ2n) is 10.4. The van der Waals surface area contributed by atoms with Crippen LogP contribution in [0.2, 0.25) is 0 Å². The normalized spacial score (nSPS) is 24.5. The topological polar surface area (TPSA) is 195 Å². The molecule has 1 aromatic carbocycles. The summed E-state index contributed by atoms with van der Waals surface area (Å²) in [5.74, 6) is -1.51. The summed E-state index contributed by atoms with van der Waals surface area (Å²) in [5, 5.41) is 21.9. The highest BCUT2D eigenvalue weighted by Gasteiger charge is 2.56. The van der Waals surface area contributed by atoms with Crippen molar-refractivity contribution in [3.05, 3.63) is 63.4 Å². The third kappa shape index (κ3) is 9.57. The van der Waals surface area contributed by atoms with E-state index in [0.29, 0.717) is 25.7 Å². The number of ether oxygens (including phenoxy) is 2. The fourth-order valence-corrected chi connectivity index (χ4v) is 5.88. The number of carboxylic acids is 1. The molecule has 4 N–H and O–H groups in total. The first-order valence-electron chi connectivity index (χ1n) is 13.7. The maximum absolute atomic E-state index is 15.6. The van der Waals surface area contributed by atoms with Crippen molar-refractivity contribution in [1.82, 2.24) is 14.6 Å². The van der Waals surface area contributed by atoms with Crippen molar-refractivity contribution in [2.45, 2.75) is 89.1 Å². The molecule has 14 nitrogen and oxygen atoms in total. The Morgan fingerprint density at radius 1 is 1.19 bits per heavy atom. The number of aromatic nitrogens is 2. The van der Waals surface area contributed by atoms with Gasteiger partial charge in [-0.2, -0.15) is 5.09 Å². The van der Waals surface area contributed by atoms with Gasteiger partial charge in [0.15, 0.2) is 11.9 Å². The molecule has 16 heteroatoms. The third-order valence-electron chi connectivity index (χ3n) is 6.72. The number of H-pyrrole nitrogens is 1. The Morgan fingerprint density at radius 3 is 2.53 bits per heavy atom. The van der Waals surface area contributed by atoms with E-state index in [0.717, 1.165) is 23.8 Å². The molecule has 43 heavy (non-hydrogen) atoms. The number of carbonyl (C=O) groups is 2. The zero-order valence-electron chi connectivity index (χ0n) is 24.0. The maximum atomic E-state index is 15.6. The Hall–Kier alpha value is -3.36. The number of hydrogen-bond donors (Lipinski definition) is 4. The van der Waals surface area contributed by atoms with Crippen molar-refractivity contribution in [2.75, 3.05) is 6.61 Å². The number of hydrogen-bond acceptors (Lipinski definition) is 10. The van der Waals surface area contributed by atoms with Gasteiger partial charge in [0.2, 0.25) is 0 Å². The monoisotopic (exact) mass is 629 g/mol. The van der Waals surface area contributed by atoms with Gasteiger partial charge in [-0.15, -0.1) is 0 Å². The van der Waals surface area contributed by atoms with Crippen LogP contribution in [0.4, 0.5) is 4.39 Å². The summed E-state index contributed by atoms with van der Waals surface area (Å²) in [6, 6.07) is 7.69. The van der Waals surface area contributed by atoms with Crippen molar-refractivity contribution in [1.29, 1.82) is 0 Å². The van der Waals surface area contributed by atoms with E-state index in [1.165, 1.54) is 19.1 Å². The lowest BCUT2D eigenvalue weighted by molar-refractivity contribution is -0.150.